The lowest BCUT2D eigenvalue weighted by atomic mass is 9.78. The molecular weight excluding hydrogens is 295 g/mol. The zero-order chi connectivity index (χ0) is 15.7. The summed E-state index contributed by atoms with van der Waals surface area (Å²) >= 11 is 0. The van der Waals surface area contributed by atoms with Crippen LogP contribution in [0.3, 0.4) is 0 Å². The molecule has 1 aliphatic rings. The summed E-state index contributed by atoms with van der Waals surface area (Å²) in [5.74, 6) is -0.396. The Labute approximate surface area is 124 Å². The van der Waals surface area contributed by atoms with Gasteiger partial charge in [0.2, 0.25) is 10.0 Å². The molecule has 5 nitrogen and oxygen atoms in total. The molecule has 4 N–H and O–H groups in total. The highest BCUT2D eigenvalue weighted by molar-refractivity contribution is 7.89. The lowest BCUT2D eigenvalue weighted by Crippen LogP contribution is -2.53. The van der Waals surface area contributed by atoms with Crippen molar-refractivity contribution in [3.05, 3.63) is 24.0 Å². The van der Waals surface area contributed by atoms with E-state index in [1.54, 1.807) is 0 Å². The van der Waals surface area contributed by atoms with Crippen molar-refractivity contribution in [2.45, 2.75) is 43.0 Å². The van der Waals surface area contributed by atoms with Crippen LogP contribution in [0.4, 0.5) is 10.1 Å². The maximum Gasteiger partial charge on any atom is 0.246 e. The first-order valence-corrected chi connectivity index (χ1v) is 8.47. The van der Waals surface area contributed by atoms with Crippen LogP contribution in [0.2, 0.25) is 0 Å². The van der Waals surface area contributed by atoms with Crippen molar-refractivity contribution in [1.29, 1.82) is 0 Å². The maximum absolute atomic E-state index is 13.8. The van der Waals surface area contributed by atoms with E-state index in [1.807, 2.05) is 0 Å². The van der Waals surface area contributed by atoms with Crippen LogP contribution in [-0.4, -0.2) is 25.7 Å². The fourth-order valence-electron chi connectivity index (χ4n) is 2.75. The van der Waals surface area contributed by atoms with E-state index in [1.165, 1.54) is 12.1 Å². The van der Waals surface area contributed by atoms with Gasteiger partial charge in [0.15, 0.2) is 0 Å². The van der Waals surface area contributed by atoms with Gasteiger partial charge in [0.25, 0.3) is 0 Å². The Balaban J connectivity index is 2.32. The van der Waals surface area contributed by atoms with Crippen LogP contribution in [0, 0.1) is 11.7 Å². The highest BCUT2D eigenvalue weighted by atomic mass is 32.2. The lowest BCUT2D eigenvalue weighted by molar-refractivity contribution is 0.125. The molecule has 0 bridgehead atoms. The molecule has 1 aliphatic carbocycles. The molecule has 0 radical (unpaired) electrons. The molecule has 1 fully saturated rings. The van der Waals surface area contributed by atoms with E-state index < -0.39 is 26.3 Å². The normalized spacial score (nSPS) is 26.7. The minimum Gasteiger partial charge on any atom is -0.398 e. The fraction of sp³-hybridized carbons (Fsp3) is 0.571. The quantitative estimate of drug-likeness (QED) is 0.736. The molecule has 0 spiro atoms. The summed E-state index contributed by atoms with van der Waals surface area (Å²) in [4.78, 5) is -0.545. The summed E-state index contributed by atoms with van der Waals surface area (Å²) in [6, 6.07) is 3.75. The topological polar surface area (TPSA) is 92.4 Å². The molecular formula is C14H21FN2O3S. The average Bonchev–Trinajstić information content (AvgIpc) is 2.41. The second kappa shape index (κ2) is 5.90. The summed E-state index contributed by atoms with van der Waals surface area (Å²) in [5, 5.41) is 9.62. The van der Waals surface area contributed by atoms with Gasteiger partial charge in [0.1, 0.15) is 10.7 Å². The number of rotatable bonds is 4. The fourth-order valence-corrected chi connectivity index (χ4v) is 4.40. The number of nitrogen functional groups attached to an aromatic ring is 1. The number of halogens is 1. The van der Waals surface area contributed by atoms with E-state index >= 15 is 0 Å². The summed E-state index contributed by atoms with van der Waals surface area (Å²) in [6.07, 6.45) is 2.68. The Bertz CT molecular complexity index is 590. The smallest absolute Gasteiger partial charge is 0.246 e. The molecule has 1 aromatic carbocycles. The molecule has 0 atom stereocenters. The standard InChI is InChI=1S/C14H21FN2O3S/c1-10-5-7-14(9-18,8-6-10)17-21(19,20)13-11(15)3-2-4-12(13)16/h2-4,10,17-18H,5-9,16H2,1H3. The van der Waals surface area contributed by atoms with Gasteiger partial charge in [-0.15, -0.1) is 0 Å². The molecule has 0 unspecified atom stereocenters. The van der Waals surface area contributed by atoms with E-state index in [0.717, 1.165) is 18.9 Å². The first-order chi connectivity index (χ1) is 9.80. The number of sulfonamides is 1. The number of anilines is 1. The number of benzene rings is 1. The van der Waals surface area contributed by atoms with Crippen molar-refractivity contribution in [1.82, 2.24) is 4.72 Å². The first kappa shape index (κ1) is 16.2. The third-order valence-corrected chi connectivity index (χ3v) is 5.82. The number of hydrogen-bond donors (Lipinski definition) is 3. The minimum absolute atomic E-state index is 0.139. The van der Waals surface area contributed by atoms with Crippen molar-refractivity contribution < 1.29 is 17.9 Å². The highest BCUT2D eigenvalue weighted by Crippen LogP contribution is 2.33. The molecule has 118 valence electrons. The SMILES string of the molecule is CC1CCC(CO)(NS(=O)(=O)c2c(N)cccc2F)CC1. The average molecular weight is 316 g/mol. The Morgan fingerprint density at radius 2 is 2.05 bits per heavy atom. The van der Waals surface area contributed by atoms with Gasteiger partial charge >= 0.3 is 0 Å². The van der Waals surface area contributed by atoms with Gasteiger partial charge < -0.3 is 10.8 Å². The van der Waals surface area contributed by atoms with Crippen LogP contribution >= 0.6 is 0 Å². The summed E-state index contributed by atoms with van der Waals surface area (Å²) in [7, 11) is -4.12. The molecule has 0 heterocycles. The highest BCUT2D eigenvalue weighted by Gasteiger charge is 2.38. The number of aliphatic hydroxyl groups excluding tert-OH is 1. The Morgan fingerprint density at radius 3 is 2.57 bits per heavy atom. The third kappa shape index (κ3) is 3.36. The van der Waals surface area contributed by atoms with Gasteiger partial charge in [0.05, 0.1) is 17.8 Å². The molecule has 1 saturated carbocycles. The van der Waals surface area contributed by atoms with Gasteiger partial charge in [-0.3, -0.25) is 0 Å². The maximum atomic E-state index is 13.8. The summed E-state index contributed by atoms with van der Waals surface area (Å²) < 4.78 is 41.2. The number of nitrogens with one attached hydrogen (secondary N) is 1. The van der Waals surface area contributed by atoms with E-state index in [-0.39, 0.29) is 12.3 Å². The summed E-state index contributed by atoms with van der Waals surface area (Å²) in [5.41, 5.74) is 4.53. The van der Waals surface area contributed by atoms with Crippen LogP contribution < -0.4 is 10.5 Å². The molecule has 21 heavy (non-hydrogen) atoms. The van der Waals surface area contributed by atoms with Crippen LogP contribution in [0.15, 0.2) is 23.1 Å². The second-order valence-corrected chi connectivity index (χ2v) is 7.50. The van der Waals surface area contributed by atoms with Crippen LogP contribution in [0.5, 0.6) is 0 Å². The predicted octanol–water partition coefficient (Wildman–Crippen LogP) is 1.63. The van der Waals surface area contributed by atoms with Crippen LogP contribution in [0.25, 0.3) is 0 Å². The molecule has 0 aliphatic heterocycles. The largest absolute Gasteiger partial charge is 0.398 e. The van der Waals surface area contributed by atoms with Gasteiger partial charge in [-0.2, -0.15) is 0 Å². The number of hydrogen-bond acceptors (Lipinski definition) is 4. The van der Waals surface area contributed by atoms with Gasteiger partial charge in [-0.25, -0.2) is 17.5 Å². The Morgan fingerprint density at radius 1 is 1.43 bits per heavy atom. The van der Waals surface area contributed by atoms with Gasteiger partial charge in [-0.05, 0) is 43.7 Å². The zero-order valence-electron chi connectivity index (χ0n) is 12.0. The van der Waals surface area contributed by atoms with Crippen molar-refractivity contribution >= 4 is 15.7 Å². The molecule has 2 rings (SSSR count). The molecule has 1 aromatic rings. The zero-order valence-corrected chi connectivity index (χ0v) is 12.8. The van der Waals surface area contributed by atoms with Gasteiger partial charge in [0, 0.05) is 0 Å². The Hall–Kier alpha value is -1.18. The summed E-state index contributed by atoms with van der Waals surface area (Å²) in [6.45, 7) is 1.78. The molecule has 0 saturated heterocycles. The van der Waals surface area contributed by atoms with Gasteiger partial charge in [-0.1, -0.05) is 13.0 Å². The molecule has 7 heteroatoms. The van der Waals surface area contributed by atoms with Crippen LogP contribution in [-0.2, 0) is 10.0 Å². The lowest BCUT2D eigenvalue weighted by Gasteiger charge is -2.38. The molecule has 0 amide bonds. The predicted molar refractivity (Wildman–Crippen MR) is 78.6 cm³/mol. The number of aliphatic hydroxyl groups is 1. The molecule has 0 aromatic heterocycles. The van der Waals surface area contributed by atoms with Crippen molar-refractivity contribution in [3.8, 4) is 0 Å². The monoisotopic (exact) mass is 316 g/mol. The van der Waals surface area contributed by atoms with Crippen molar-refractivity contribution in [3.63, 3.8) is 0 Å². The first-order valence-electron chi connectivity index (χ1n) is 6.98. The van der Waals surface area contributed by atoms with Crippen molar-refractivity contribution in [2.75, 3.05) is 12.3 Å². The Kier molecular flexibility index (Phi) is 4.55. The second-order valence-electron chi connectivity index (χ2n) is 5.88. The van der Waals surface area contributed by atoms with E-state index in [4.69, 9.17) is 5.73 Å². The van der Waals surface area contributed by atoms with E-state index in [9.17, 15) is 17.9 Å². The van der Waals surface area contributed by atoms with Crippen LogP contribution in [0.1, 0.15) is 32.6 Å². The number of nitrogens with two attached hydrogens (primary N) is 1. The third-order valence-electron chi connectivity index (χ3n) is 4.15. The minimum atomic E-state index is -4.12. The van der Waals surface area contributed by atoms with E-state index in [2.05, 4.69) is 11.6 Å². The van der Waals surface area contributed by atoms with E-state index in [0.29, 0.717) is 18.8 Å². The van der Waals surface area contributed by atoms with Crippen molar-refractivity contribution in [2.24, 2.45) is 5.92 Å².